The lowest BCUT2D eigenvalue weighted by Gasteiger charge is -2.09. The van der Waals surface area contributed by atoms with Gasteiger partial charge in [-0.3, -0.25) is 0 Å². The molecular formula is C11H13BrN2O. The topological polar surface area (TPSA) is 41.1 Å². The molecule has 1 aromatic carbocycles. The number of halogens is 1. The normalized spacial score (nSPS) is 9.53. The first-order valence-corrected chi connectivity index (χ1v) is 5.28. The van der Waals surface area contributed by atoms with Crippen LogP contribution in [0.15, 0.2) is 34.9 Å². The van der Waals surface area contributed by atoms with Crippen LogP contribution in [0.5, 0.6) is 0 Å². The van der Waals surface area contributed by atoms with Crippen LogP contribution in [-0.4, -0.2) is 6.03 Å². The van der Waals surface area contributed by atoms with E-state index in [1.165, 1.54) is 0 Å². The van der Waals surface area contributed by atoms with Crippen molar-refractivity contribution in [2.24, 2.45) is 0 Å². The van der Waals surface area contributed by atoms with Crippen molar-refractivity contribution in [3.63, 3.8) is 0 Å². The molecule has 80 valence electrons. The van der Waals surface area contributed by atoms with Crippen molar-refractivity contribution in [2.45, 2.75) is 13.8 Å². The van der Waals surface area contributed by atoms with Crippen molar-refractivity contribution in [3.05, 3.63) is 40.5 Å². The number of rotatable bonds is 2. The number of carbonyl (C=O) groups is 1. The third-order valence-corrected chi connectivity index (χ3v) is 2.36. The van der Waals surface area contributed by atoms with E-state index < -0.39 is 0 Å². The maximum Gasteiger partial charge on any atom is 0.323 e. The number of urea groups is 1. The van der Waals surface area contributed by atoms with Crippen molar-refractivity contribution in [2.75, 3.05) is 5.32 Å². The summed E-state index contributed by atoms with van der Waals surface area (Å²) in [5, 5.41) is 5.28. The zero-order chi connectivity index (χ0) is 11.4. The summed E-state index contributed by atoms with van der Waals surface area (Å²) >= 11 is 3.38. The Balaban J connectivity index is 2.72. The van der Waals surface area contributed by atoms with Gasteiger partial charge in [-0.1, -0.05) is 12.6 Å². The van der Waals surface area contributed by atoms with E-state index in [0.29, 0.717) is 5.70 Å². The highest BCUT2D eigenvalue weighted by Gasteiger charge is 2.04. The molecule has 0 unspecified atom stereocenters. The van der Waals surface area contributed by atoms with Crippen LogP contribution in [0.4, 0.5) is 10.5 Å². The van der Waals surface area contributed by atoms with Crippen molar-refractivity contribution >= 4 is 27.6 Å². The highest BCUT2D eigenvalue weighted by Crippen LogP contribution is 2.23. The number of hydrogen-bond acceptors (Lipinski definition) is 1. The number of amides is 2. The molecular weight excluding hydrogens is 256 g/mol. The van der Waals surface area contributed by atoms with Crippen molar-refractivity contribution in [3.8, 4) is 0 Å². The molecule has 0 fully saturated rings. The number of aryl methyl sites for hydroxylation is 1. The van der Waals surface area contributed by atoms with Gasteiger partial charge in [0.15, 0.2) is 0 Å². The molecule has 0 saturated heterocycles. The molecule has 2 N–H and O–H groups in total. The zero-order valence-corrected chi connectivity index (χ0v) is 10.3. The fraction of sp³-hybridized carbons (Fsp3) is 0.182. The van der Waals surface area contributed by atoms with Gasteiger partial charge in [0.25, 0.3) is 0 Å². The quantitative estimate of drug-likeness (QED) is 0.848. The Bertz CT molecular complexity index is 402. The van der Waals surface area contributed by atoms with E-state index in [9.17, 15) is 4.79 Å². The summed E-state index contributed by atoms with van der Waals surface area (Å²) in [5.74, 6) is 0. The smallest absolute Gasteiger partial charge is 0.312 e. The van der Waals surface area contributed by atoms with Gasteiger partial charge in [-0.2, -0.15) is 0 Å². The highest BCUT2D eigenvalue weighted by atomic mass is 79.9. The Morgan fingerprint density at radius 1 is 1.47 bits per heavy atom. The molecule has 0 heterocycles. The van der Waals surface area contributed by atoms with E-state index in [1.807, 2.05) is 25.1 Å². The molecule has 4 heteroatoms. The van der Waals surface area contributed by atoms with Gasteiger partial charge in [-0.05, 0) is 47.5 Å². The molecule has 0 radical (unpaired) electrons. The SMILES string of the molecule is C=C(C)NC(=O)Nc1ccc(C)cc1Br. The Kier molecular flexibility index (Phi) is 3.91. The first-order valence-electron chi connectivity index (χ1n) is 4.48. The molecule has 0 aromatic heterocycles. The highest BCUT2D eigenvalue weighted by molar-refractivity contribution is 9.10. The molecule has 3 nitrogen and oxygen atoms in total. The average molecular weight is 269 g/mol. The van der Waals surface area contributed by atoms with Gasteiger partial charge in [-0.25, -0.2) is 4.79 Å². The monoisotopic (exact) mass is 268 g/mol. The molecule has 0 spiro atoms. The minimum Gasteiger partial charge on any atom is -0.312 e. The molecule has 15 heavy (non-hydrogen) atoms. The molecule has 0 aliphatic heterocycles. The lowest BCUT2D eigenvalue weighted by Crippen LogP contribution is -2.26. The van der Waals surface area contributed by atoms with E-state index >= 15 is 0 Å². The van der Waals surface area contributed by atoms with Crippen LogP contribution in [0, 0.1) is 6.92 Å². The van der Waals surface area contributed by atoms with Gasteiger partial charge in [0.2, 0.25) is 0 Å². The lowest BCUT2D eigenvalue weighted by atomic mass is 10.2. The first-order chi connectivity index (χ1) is 6.99. The molecule has 1 rings (SSSR count). The van der Waals surface area contributed by atoms with Crippen LogP contribution in [0.25, 0.3) is 0 Å². The van der Waals surface area contributed by atoms with Crippen LogP contribution in [-0.2, 0) is 0 Å². The standard InChI is InChI=1S/C11H13BrN2O/c1-7(2)13-11(15)14-10-5-4-8(3)6-9(10)12/h4-6H,1H2,2-3H3,(H2,13,14,15). The van der Waals surface area contributed by atoms with E-state index in [0.717, 1.165) is 15.7 Å². The first kappa shape index (κ1) is 11.8. The molecule has 2 amide bonds. The summed E-state index contributed by atoms with van der Waals surface area (Å²) in [4.78, 5) is 11.4. The molecule has 1 aromatic rings. The second-order valence-electron chi connectivity index (χ2n) is 3.34. The number of carbonyl (C=O) groups excluding carboxylic acids is 1. The summed E-state index contributed by atoms with van der Waals surface area (Å²) in [7, 11) is 0. The molecule has 0 saturated carbocycles. The van der Waals surface area contributed by atoms with Crippen LogP contribution in [0.3, 0.4) is 0 Å². The van der Waals surface area contributed by atoms with Crippen LogP contribution >= 0.6 is 15.9 Å². The summed E-state index contributed by atoms with van der Waals surface area (Å²) < 4.78 is 0.861. The van der Waals surface area contributed by atoms with Crippen LogP contribution in [0.1, 0.15) is 12.5 Å². The van der Waals surface area contributed by atoms with Gasteiger partial charge < -0.3 is 10.6 Å². The number of allylic oxidation sites excluding steroid dienone is 1. The van der Waals surface area contributed by atoms with Crippen molar-refractivity contribution in [1.29, 1.82) is 0 Å². The van der Waals surface area contributed by atoms with Gasteiger partial charge >= 0.3 is 6.03 Å². The minimum atomic E-state index is -0.285. The Hall–Kier alpha value is -1.29. The average Bonchev–Trinajstić information content (AvgIpc) is 2.08. The lowest BCUT2D eigenvalue weighted by molar-refractivity contribution is 0.254. The molecule has 0 atom stereocenters. The molecule has 0 bridgehead atoms. The van der Waals surface area contributed by atoms with E-state index in [1.54, 1.807) is 6.92 Å². The fourth-order valence-electron chi connectivity index (χ4n) is 1.07. The number of hydrogen-bond donors (Lipinski definition) is 2. The predicted octanol–water partition coefficient (Wildman–Crippen LogP) is 3.41. The largest absolute Gasteiger partial charge is 0.323 e. The van der Waals surface area contributed by atoms with Crippen LogP contribution in [0.2, 0.25) is 0 Å². The Morgan fingerprint density at radius 3 is 2.67 bits per heavy atom. The van der Waals surface area contributed by atoms with E-state index in [4.69, 9.17) is 0 Å². The van der Waals surface area contributed by atoms with Crippen molar-refractivity contribution in [1.82, 2.24) is 5.32 Å². The van der Waals surface area contributed by atoms with Gasteiger partial charge in [0.1, 0.15) is 0 Å². The Morgan fingerprint density at radius 2 is 2.13 bits per heavy atom. The zero-order valence-electron chi connectivity index (χ0n) is 8.73. The second kappa shape index (κ2) is 4.98. The molecule has 0 aliphatic rings. The Labute approximate surface area is 97.7 Å². The third kappa shape index (κ3) is 3.75. The maximum absolute atomic E-state index is 11.4. The summed E-state index contributed by atoms with van der Waals surface area (Å²) in [6.45, 7) is 7.30. The summed E-state index contributed by atoms with van der Waals surface area (Å²) in [6, 6.07) is 5.43. The van der Waals surface area contributed by atoms with Crippen molar-refractivity contribution < 1.29 is 4.79 Å². The molecule has 0 aliphatic carbocycles. The van der Waals surface area contributed by atoms with Gasteiger partial charge in [0, 0.05) is 10.2 Å². The minimum absolute atomic E-state index is 0.285. The summed E-state index contributed by atoms with van der Waals surface area (Å²) in [5.41, 5.74) is 2.47. The van der Waals surface area contributed by atoms with Crippen LogP contribution < -0.4 is 10.6 Å². The van der Waals surface area contributed by atoms with E-state index in [2.05, 4.69) is 33.1 Å². The number of nitrogens with one attached hydrogen (secondary N) is 2. The summed E-state index contributed by atoms with van der Waals surface area (Å²) in [6.07, 6.45) is 0. The van der Waals surface area contributed by atoms with Gasteiger partial charge in [-0.15, -0.1) is 0 Å². The maximum atomic E-state index is 11.4. The number of anilines is 1. The second-order valence-corrected chi connectivity index (χ2v) is 4.20. The van der Waals surface area contributed by atoms with Gasteiger partial charge in [0.05, 0.1) is 5.69 Å². The predicted molar refractivity (Wildman–Crippen MR) is 65.8 cm³/mol. The number of benzene rings is 1. The van der Waals surface area contributed by atoms with E-state index in [-0.39, 0.29) is 6.03 Å². The third-order valence-electron chi connectivity index (χ3n) is 1.70. The fourth-order valence-corrected chi connectivity index (χ4v) is 1.66.